The Bertz CT molecular complexity index is 966. The van der Waals surface area contributed by atoms with Crippen LogP contribution in [0.5, 0.6) is 0 Å². The summed E-state index contributed by atoms with van der Waals surface area (Å²) in [6, 6.07) is 20.0. The van der Waals surface area contributed by atoms with Gasteiger partial charge < -0.3 is 0 Å². The quantitative estimate of drug-likeness (QED) is 0.349. The summed E-state index contributed by atoms with van der Waals surface area (Å²) in [5.74, 6) is 8.17. The second kappa shape index (κ2) is 8.25. The summed E-state index contributed by atoms with van der Waals surface area (Å²) >= 11 is -1.94. The molecule has 3 aromatic rings. The van der Waals surface area contributed by atoms with Gasteiger partial charge in [-0.1, -0.05) is 0 Å². The van der Waals surface area contributed by atoms with E-state index >= 15 is 0 Å². The summed E-state index contributed by atoms with van der Waals surface area (Å²) < 4.78 is 3.99. The molecule has 0 fully saturated rings. The van der Waals surface area contributed by atoms with Crippen molar-refractivity contribution in [2.75, 3.05) is 0 Å². The van der Waals surface area contributed by atoms with Crippen molar-refractivity contribution in [3.8, 4) is 22.4 Å². The van der Waals surface area contributed by atoms with Crippen LogP contribution in [-0.2, 0) is 13.5 Å². The molecule has 0 saturated carbocycles. The molecule has 0 aliphatic carbocycles. The Morgan fingerprint density at radius 3 is 2.18 bits per heavy atom. The van der Waals surface area contributed by atoms with Gasteiger partial charge in [-0.2, -0.15) is 0 Å². The first-order valence-corrected chi connectivity index (χ1v) is 17.7. The first-order valence-electron chi connectivity index (χ1n) is 10.4. The third-order valence-corrected chi connectivity index (χ3v) is 9.75. The molecule has 1 aromatic heterocycles. The number of aromatic nitrogens is 1. The molecule has 0 bridgehead atoms. The summed E-state index contributed by atoms with van der Waals surface area (Å²) in [4.78, 5) is 0. The van der Waals surface area contributed by atoms with E-state index in [9.17, 15) is 0 Å². The number of rotatable bonds is 5. The SMILES string of the molecule is Cc1ccc(-c2ccccc2)cc1-c1cc(CC(C)C)[c]([Ge]([CH3])([CH3])[CH3])c[n+]1C. The molecule has 1 heterocycles. The Morgan fingerprint density at radius 1 is 0.893 bits per heavy atom. The fraction of sp³-hybridized carbons (Fsp3) is 0.346. The predicted octanol–water partition coefficient (Wildman–Crippen LogP) is 5.90. The topological polar surface area (TPSA) is 3.88 Å². The monoisotopic (exact) mass is 434 g/mol. The van der Waals surface area contributed by atoms with Crippen molar-refractivity contribution < 1.29 is 4.57 Å². The van der Waals surface area contributed by atoms with Gasteiger partial charge in [-0.15, -0.1) is 0 Å². The van der Waals surface area contributed by atoms with E-state index in [0.29, 0.717) is 5.92 Å². The van der Waals surface area contributed by atoms with Gasteiger partial charge in [0.15, 0.2) is 0 Å². The fourth-order valence-corrected chi connectivity index (χ4v) is 7.56. The Labute approximate surface area is 173 Å². The van der Waals surface area contributed by atoms with Crippen LogP contribution in [0.1, 0.15) is 25.0 Å². The molecule has 0 aliphatic heterocycles. The average Bonchev–Trinajstić information content (AvgIpc) is 2.63. The molecule has 0 aliphatic rings. The number of aryl methyl sites for hydroxylation is 2. The van der Waals surface area contributed by atoms with Crippen LogP contribution < -0.4 is 8.96 Å². The van der Waals surface area contributed by atoms with Crippen LogP contribution in [0.15, 0.2) is 60.8 Å². The molecule has 3 rings (SSSR count). The van der Waals surface area contributed by atoms with Gasteiger partial charge in [0.2, 0.25) is 0 Å². The van der Waals surface area contributed by atoms with Gasteiger partial charge in [-0.05, 0) is 0 Å². The van der Waals surface area contributed by atoms with Gasteiger partial charge in [0.1, 0.15) is 0 Å². The molecule has 0 radical (unpaired) electrons. The predicted molar refractivity (Wildman–Crippen MR) is 125 cm³/mol. The van der Waals surface area contributed by atoms with Crippen molar-refractivity contribution >= 4 is 17.7 Å². The summed E-state index contributed by atoms with van der Waals surface area (Å²) in [6.45, 7) is 6.88. The number of pyridine rings is 1. The summed E-state index contributed by atoms with van der Waals surface area (Å²) in [5.41, 5.74) is 8.10. The minimum atomic E-state index is -1.94. The number of hydrogen-bond acceptors (Lipinski definition) is 0. The van der Waals surface area contributed by atoms with E-state index in [1.54, 1.807) is 9.96 Å². The van der Waals surface area contributed by atoms with Crippen molar-refractivity contribution in [1.29, 1.82) is 0 Å². The molecular formula is C26H34GeN+. The van der Waals surface area contributed by atoms with Crippen LogP contribution in [-0.4, -0.2) is 13.3 Å². The molecule has 0 atom stereocenters. The fourth-order valence-electron chi connectivity index (χ4n) is 3.95. The molecule has 0 N–H and O–H groups in total. The van der Waals surface area contributed by atoms with Crippen LogP contribution >= 0.6 is 0 Å². The van der Waals surface area contributed by atoms with Crippen LogP contribution in [0.4, 0.5) is 0 Å². The van der Waals surface area contributed by atoms with Crippen molar-refractivity contribution in [2.45, 2.75) is 44.5 Å². The Kier molecular flexibility index (Phi) is 6.14. The Hall–Kier alpha value is -1.87. The molecule has 0 spiro atoms. The number of hydrogen-bond donors (Lipinski definition) is 0. The van der Waals surface area contributed by atoms with Crippen molar-refractivity contribution in [3.05, 3.63) is 71.9 Å². The van der Waals surface area contributed by atoms with E-state index in [1.807, 2.05) is 0 Å². The average molecular weight is 433 g/mol. The second-order valence-corrected chi connectivity index (χ2v) is 20.0. The molecule has 2 aromatic carbocycles. The van der Waals surface area contributed by atoms with Gasteiger partial charge >= 0.3 is 174 Å². The number of benzene rings is 2. The zero-order valence-corrected chi connectivity index (χ0v) is 20.6. The summed E-state index contributed by atoms with van der Waals surface area (Å²) in [6.07, 6.45) is 3.59. The van der Waals surface area contributed by atoms with Gasteiger partial charge in [0, 0.05) is 0 Å². The van der Waals surface area contributed by atoms with Gasteiger partial charge in [-0.3, -0.25) is 0 Å². The maximum atomic E-state index is 2.50. The van der Waals surface area contributed by atoms with Crippen molar-refractivity contribution in [1.82, 2.24) is 0 Å². The first-order chi connectivity index (χ1) is 13.2. The summed E-state index contributed by atoms with van der Waals surface area (Å²) in [5, 5.41) is 0. The van der Waals surface area contributed by atoms with Gasteiger partial charge in [0.25, 0.3) is 0 Å². The van der Waals surface area contributed by atoms with E-state index in [2.05, 4.69) is 110 Å². The Balaban J connectivity index is 2.18. The van der Waals surface area contributed by atoms with Crippen LogP contribution in [0, 0.1) is 12.8 Å². The summed E-state index contributed by atoms with van der Waals surface area (Å²) in [7, 11) is 2.21. The molecule has 28 heavy (non-hydrogen) atoms. The first kappa shape index (κ1) is 20.9. The Morgan fingerprint density at radius 2 is 1.57 bits per heavy atom. The van der Waals surface area contributed by atoms with Gasteiger partial charge in [0.05, 0.1) is 0 Å². The molecule has 0 amide bonds. The standard InChI is InChI=1S/C26H34GeN/c1-19(2)15-23-17-26(28(7)18-25(23)27(4,5)6)24-16-22(14-13-20(24)3)21-11-9-8-10-12-21/h8-14,16-19H,15H2,1-7H3/q+1. The number of nitrogens with zero attached hydrogens (tertiary/aromatic N) is 1. The zero-order valence-electron chi connectivity index (χ0n) is 18.5. The maximum absolute atomic E-state index is 2.50. The van der Waals surface area contributed by atoms with Crippen molar-refractivity contribution in [3.63, 3.8) is 0 Å². The van der Waals surface area contributed by atoms with Crippen molar-refractivity contribution in [2.24, 2.45) is 13.0 Å². The van der Waals surface area contributed by atoms with Crippen LogP contribution in [0.25, 0.3) is 22.4 Å². The molecular weight excluding hydrogens is 399 g/mol. The van der Waals surface area contributed by atoms with Crippen LogP contribution in [0.3, 0.4) is 0 Å². The minimum absolute atomic E-state index is 0.667. The second-order valence-electron chi connectivity index (χ2n) is 9.45. The van der Waals surface area contributed by atoms with Crippen LogP contribution in [0.2, 0.25) is 17.3 Å². The van der Waals surface area contributed by atoms with E-state index in [1.165, 1.54) is 27.9 Å². The molecule has 146 valence electrons. The van der Waals surface area contributed by atoms with E-state index in [-0.39, 0.29) is 0 Å². The zero-order chi connectivity index (χ0) is 20.5. The third-order valence-electron chi connectivity index (χ3n) is 5.42. The molecule has 0 unspecified atom stereocenters. The van der Waals surface area contributed by atoms with E-state index < -0.39 is 13.3 Å². The molecule has 1 nitrogen and oxygen atoms in total. The third kappa shape index (κ3) is 4.57. The van der Waals surface area contributed by atoms with Gasteiger partial charge in [-0.25, -0.2) is 0 Å². The molecule has 0 saturated heterocycles. The molecule has 2 heteroatoms. The van der Waals surface area contributed by atoms with E-state index in [4.69, 9.17) is 0 Å². The normalized spacial score (nSPS) is 11.9. The van der Waals surface area contributed by atoms with E-state index in [0.717, 1.165) is 6.42 Å².